The Hall–Kier alpha value is -2.26. The Labute approximate surface area is 117 Å². The van der Waals surface area contributed by atoms with Gasteiger partial charge in [0, 0.05) is 5.39 Å². The minimum absolute atomic E-state index is 0.169. The number of benzene rings is 2. The monoisotopic (exact) mass is 268 g/mol. The van der Waals surface area contributed by atoms with Gasteiger partial charge in [0.15, 0.2) is 0 Å². The zero-order chi connectivity index (χ0) is 13.9. The highest BCUT2D eigenvalue weighted by atomic mass is 16.5. The molecule has 2 aromatic carbocycles. The van der Waals surface area contributed by atoms with Gasteiger partial charge in [-0.05, 0) is 37.3 Å². The Morgan fingerprint density at radius 3 is 2.70 bits per heavy atom. The highest BCUT2D eigenvalue weighted by molar-refractivity contribution is 5.78. The fourth-order valence-corrected chi connectivity index (χ4v) is 2.12. The molecular weight excluding hydrogens is 252 g/mol. The molecule has 0 amide bonds. The molecule has 3 rings (SSSR count). The van der Waals surface area contributed by atoms with Crippen molar-refractivity contribution in [2.24, 2.45) is 0 Å². The minimum Gasteiger partial charge on any atom is -0.490 e. The van der Waals surface area contributed by atoms with Crippen molar-refractivity contribution in [1.82, 2.24) is 0 Å². The van der Waals surface area contributed by atoms with Gasteiger partial charge in [-0.25, -0.2) is 0 Å². The zero-order valence-electron chi connectivity index (χ0n) is 11.2. The lowest BCUT2D eigenvalue weighted by Gasteiger charge is -2.09. The van der Waals surface area contributed by atoms with E-state index in [4.69, 9.17) is 9.15 Å². The van der Waals surface area contributed by atoms with E-state index in [1.54, 1.807) is 0 Å². The standard InChI is InChI=1S/C17H16O3/c1-12-7-8-16-13(9-12)10-17(20-16)15(18)11-19-14-5-3-2-4-6-14/h2-10,15,18H,11H2,1H3. The van der Waals surface area contributed by atoms with Crippen LogP contribution in [-0.2, 0) is 0 Å². The molecule has 20 heavy (non-hydrogen) atoms. The first-order chi connectivity index (χ1) is 9.72. The van der Waals surface area contributed by atoms with E-state index in [2.05, 4.69) is 0 Å². The molecule has 0 aliphatic rings. The van der Waals surface area contributed by atoms with Gasteiger partial charge in [-0.2, -0.15) is 0 Å². The van der Waals surface area contributed by atoms with Crippen LogP contribution in [0.3, 0.4) is 0 Å². The highest BCUT2D eigenvalue weighted by Gasteiger charge is 2.14. The molecule has 1 atom stereocenters. The quantitative estimate of drug-likeness (QED) is 0.781. The molecule has 3 nitrogen and oxygen atoms in total. The van der Waals surface area contributed by atoms with Crippen LogP contribution < -0.4 is 4.74 Å². The van der Waals surface area contributed by atoms with Gasteiger partial charge < -0.3 is 14.3 Å². The van der Waals surface area contributed by atoms with E-state index >= 15 is 0 Å². The molecular formula is C17H16O3. The molecule has 0 fully saturated rings. The number of hydrogen-bond acceptors (Lipinski definition) is 3. The molecule has 0 bridgehead atoms. The lowest BCUT2D eigenvalue weighted by atomic mass is 10.2. The van der Waals surface area contributed by atoms with E-state index in [0.29, 0.717) is 5.76 Å². The molecule has 0 saturated carbocycles. The van der Waals surface area contributed by atoms with E-state index < -0.39 is 6.10 Å². The van der Waals surface area contributed by atoms with Crippen molar-refractivity contribution in [3.63, 3.8) is 0 Å². The van der Waals surface area contributed by atoms with Gasteiger partial charge in [-0.3, -0.25) is 0 Å². The third-order valence-corrected chi connectivity index (χ3v) is 3.17. The summed E-state index contributed by atoms with van der Waals surface area (Å²) in [5, 5.41) is 11.1. The van der Waals surface area contributed by atoms with Crippen molar-refractivity contribution in [1.29, 1.82) is 0 Å². The number of hydrogen-bond donors (Lipinski definition) is 1. The molecule has 3 aromatic rings. The number of rotatable bonds is 4. The van der Waals surface area contributed by atoms with Crippen LogP contribution in [0.15, 0.2) is 59.0 Å². The molecule has 1 heterocycles. The van der Waals surface area contributed by atoms with Gasteiger partial charge in [0.1, 0.15) is 29.8 Å². The predicted octanol–water partition coefficient (Wildman–Crippen LogP) is 3.85. The number of aryl methyl sites for hydroxylation is 1. The zero-order valence-corrected chi connectivity index (χ0v) is 11.2. The molecule has 102 valence electrons. The summed E-state index contributed by atoms with van der Waals surface area (Å²) in [4.78, 5) is 0. The normalized spacial score (nSPS) is 12.5. The number of aliphatic hydroxyl groups excluding tert-OH is 1. The average Bonchev–Trinajstić information content (AvgIpc) is 2.89. The van der Waals surface area contributed by atoms with E-state index in [1.165, 1.54) is 5.56 Å². The van der Waals surface area contributed by atoms with Crippen LogP contribution in [0.1, 0.15) is 17.4 Å². The van der Waals surface area contributed by atoms with Crippen LogP contribution in [0.2, 0.25) is 0 Å². The van der Waals surface area contributed by atoms with E-state index in [1.807, 2.05) is 61.5 Å². The van der Waals surface area contributed by atoms with Crippen molar-refractivity contribution in [3.8, 4) is 5.75 Å². The number of fused-ring (bicyclic) bond motifs is 1. The van der Waals surface area contributed by atoms with Crippen LogP contribution in [0, 0.1) is 6.92 Å². The fraction of sp³-hybridized carbons (Fsp3) is 0.176. The predicted molar refractivity (Wildman–Crippen MR) is 77.8 cm³/mol. The Bertz CT molecular complexity index is 701. The summed E-state index contributed by atoms with van der Waals surface area (Å²) >= 11 is 0. The summed E-state index contributed by atoms with van der Waals surface area (Å²) in [6.45, 7) is 2.20. The molecule has 1 aromatic heterocycles. The molecule has 3 heteroatoms. The lowest BCUT2D eigenvalue weighted by molar-refractivity contribution is 0.0903. The third kappa shape index (κ3) is 2.68. The number of ether oxygens (including phenoxy) is 1. The van der Waals surface area contributed by atoms with Gasteiger partial charge in [0.25, 0.3) is 0 Å². The SMILES string of the molecule is Cc1ccc2oc(C(O)COc3ccccc3)cc2c1. The van der Waals surface area contributed by atoms with Crippen molar-refractivity contribution in [2.75, 3.05) is 6.61 Å². The Kier molecular flexibility index (Phi) is 3.44. The Morgan fingerprint density at radius 2 is 1.90 bits per heavy atom. The first-order valence-corrected chi connectivity index (χ1v) is 6.58. The van der Waals surface area contributed by atoms with Crippen molar-refractivity contribution in [2.45, 2.75) is 13.0 Å². The van der Waals surface area contributed by atoms with Gasteiger partial charge in [0.2, 0.25) is 0 Å². The van der Waals surface area contributed by atoms with Crippen molar-refractivity contribution < 1.29 is 14.3 Å². The topological polar surface area (TPSA) is 42.6 Å². The second-order valence-corrected chi connectivity index (χ2v) is 4.83. The van der Waals surface area contributed by atoms with Gasteiger partial charge in [-0.15, -0.1) is 0 Å². The highest BCUT2D eigenvalue weighted by Crippen LogP contribution is 2.25. The maximum atomic E-state index is 10.1. The average molecular weight is 268 g/mol. The van der Waals surface area contributed by atoms with Crippen LogP contribution in [0.4, 0.5) is 0 Å². The second kappa shape index (κ2) is 5.39. The third-order valence-electron chi connectivity index (χ3n) is 3.17. The Balaban J connectivity index is 1.73. The first-order valence-electron chi connectivity index (χ1n) is 6.58. The van der Waals surface area contributed by atoms with Crippen molar-refractivity contribution >= 4 is 11.0 Å². The van der Waals surface area contributed by atoms with Crippen LogP contribution in [0.5, 0.6) is 5.75 Å². The summed E-state index contributed by atoms with van der Waals surface area (Å²) < 4.78 is 11.2. The largest absolute Gasteiger partial charge is 0.490 e. The van der Waals surface area contributed by atoms with Crippen molar-refractivity contribution in [3.05, 3.63) is 65.9 Å². The smallest absolute Gasteiger partial charge is 0.145 e. The number of aliphatic hydroxyl groups is 1. The maximum Gasteiger partial charge on any atom is 0.145 e. The molecule has 0 aliphatic carbocycles. The first kappa shape index (κ1) is 12.8. The number of furan rings is 1. The van der Waals surface area contributed by atoms with Gasteiger partial charge >= 0.3 is 0 Å². The van der Waals surface area contributed by atoms with Crippen LogP contribution >= 0.6 is 0 Å². The van der Waals surface area contributed by atoms with Crippen LogP contribution in [-0.4, -0.2) is 11.7 Å². The van der Waals surface area contributed by atoms with E-state index in [9.17, 15) is 5.11 Å². The Morgan fingerprint density at radius 1 is 1.10 bits per heavy atom. The summed E-state index contributed by atoms with van der Waals surface area (Å²) in [6, 6.07) is 17.2. The number of para-hydroxylation sites is 1. The van der Waals surface area contributed by atoms with E-state index in [-0.39, 0.29) is 6.61 Å². The maximum absolute atomic E-state index is 10.1. The van der Waals surface area contributed by atoms with Crippen LogP contribution in [0.25, 0.3) is 11.0 Å². The molecule has 1 unspecified atom stereocenters. The molecule has 0 saturated heterocycles. The van der Waals surface area contributed by atoms with Gasteiger partial charge in [0.05, 0.1) is 0 Å². The fourth-order valence-electron chi connectivity index (χ4n) is 2.12. The summed E-state index contributed by atoms with van der Waals surface area (Å²) in [7, 11) is 0. The minimum atomic E-state index is -0.775. The molecule has 1 N–H and O–H groups in total. The second-order valence-electron chi connectivity index (χ2n) is 4.83. The molecule has 0 aliphatic heterocycles. The van der Waals surface area contributed by atoms with E-state index in [0.717, 1.165) is 16.7 Å². The summed E-state index contributed by atoms with van der Waals surface area (Å²) in [6.07, 6.45) is -0.775. The van der Waals surface area contributed by atoms with Gasteiger partial charge in [-0.1, -0.05) is 29.8 Å². The molecule has 0 spiro atoms. The summed E-state index contributed by atoms with van der Waals surface area (Å²) in [5.74, 6) is 1.26. The summed E-state index contributed by atoms with van der Waals surface area (Å²) in [5.41, 5.74) is 1.95. The lowest BCUT2D eigenvalue weighted by Crippen LogP contribution is -2.08. The molecule has 0 radical (unpaired) electrons.